The fourth-order valence-corrected chi connectivity index (χ4v) is 4.93. The van der Waals surface area contributed by atoms with Crippen molar-refractivity contribution >= 4 is 23.2 Å². The lowest BCUT2D eigenvalue weighted by Crippen LogP contribution is -2.53. The van der Waals surface area contributed by atoms with Crippen LogP contribution in [0.2, 0.25) is 0 Å². The number of hydrogen-bond donors (Lipinski definition) is 3. The highest BCUT2D eigenvalue weighted by molar-refractivity contribution is 6.05. The number of benzene rings is 3. The van der Waals surface area contributed by atoms with Crippen LogP contribution in [-0.2, 0) is 16.0 Å². The maximum Gasteiger partial charge on any atom is 0.256 e. The number of phenolic OH excluding ortho intramolecular Hbond substituents is 1. The molecule has 3 N–H and O–H groups in total. The SMILES string of the molecule is COc1ccc(NC(=O)[C@H]2CNN3C=C(C)N(c4ccc(Cc5cccc(O)c5)cc4)C(=O)C23)cc1C#N. The van der Waals surface area contributed by atoms with Gasteiger partial charge in [-0.05, 0) is 66.9 Å². The smallest absolute Gasteiger partial charge is 0.256 e. The van der Waals surface area contributed by atoms with Gasteiger partial charge in [-0.15, -0.1) is 0 Å². The van der Waals surface area contributed by atoms with Crippen LogP contribution in [0.3, 0.4) is 0 Å². The van der Waals surface area contributed by atoms with Crippen LogP contribution in [0.1, 0.15) is 23.6 Å². The van der Waals surface area contributed by atoms with Gasteiger partial charge in [0.1, 0.15) is 23.6 Å². The molecule has 1 fully saturated rings. The Labute approximate surface area is 220 Å². The highest BCUT2D eigenvalue weighted by atomic mass is 16.5. The largest absolute Gasteiger partial charge is 0.508 e. The van der Waals surface area contributed by atoms with Crippen LogP contribution in [0.15, 0.2) is 78.6 Å². The molecule has 2 aliphatic rings. The minimum absolute atomic E-state index is 0.205. The fraction of sp³-hybridized carbons (Fsp3) is 0.207. The number of anilines is 2. The lowest BCUT2D eigenvalue weighted by molar-refractivity contribution is -0.129. The van der Waals surface area contributed by atoms with Crippen molar-refractivity contribution in [3.05, 3.63) is 95.3 Å². The Hall–Kier alpha value is -4.81. The number of nitriles is 1. The Bertz CT molecular complexity index is 1460. The van der Waals surface area contributed by atoms with Crippen molar-refractivity contribution < 1.29 is 19.4 Å². The van der Waals surface area contributed by atoms with Gasteiger partial charge in [-0.25, -0.2) is 5.43 Å². The number of aromatic hydroxyl groups is 1. The fourth-order valence-electron chi connectivity index (χ4n) is 4.93. The molecule has 5 rings (SSSR count). The van der Waals surface area contributed by atoms with E-state index < -0.39 is 12.0 Å². The number of ether oxygens (including phenoxy) is 1. The third kappa shape index (κ3) is 4.77. The van der Waals surface area contributed by atoms with Crippen molar-refractivity contribution in [3.63, 3.8) is 0 Å². The molecule has 192 valence electrons. The summed E-state index contributed by atoms with van der Waals surface area (Å²) in [6.07, 6.45) is 2.49. The number of allylic oxidation sites excluding steroid dienone is 1. The van der Waals surface area contributed by atoms with Gasteiger partial charge in [0.2, 0.25) is 5.91 Å². The van der Waals surface area contributed by atoms with Crippen molar-refractivity contribution in [1.82, 2.24) is 10.4 Å². The number of methoxy groups -OCH3 is 1. The van der Waals surface area contributed by atoms with Crippen LogP contribution >= 0.6 is 0 Å². The first kappa shape index (κ1) is 24.9. The molecule has 0 radical (unpaired) electrons. The standard InChI is InChI=1S/C29H27N5O4/c1-18-17-33-27(25(16-31-33)28(36)32-22-8-11-26(38-2)21(14-22)15-30)29(37)34(18)23-9-6-19(7-10-23)12-20-4-3-5-24(35)13-20/h3-11,13-14,17,25,27,31,35H,12,16H2,1-2H3,(H,32,36)/t25-,27?/m0/s1. The van der Waals surface area contributed by atoms with Gasteiger partial charge >= 0.3 is 0 Å². The van der Waals surface area contributed by atoms with Gasteiger partial charge in [0, 0.05) is 29.8 Å². The predicted octanol–water partition coefficient (Wildman–Crippen LogP) is 3.51. The van der Waals surface area contributed by atoms with E-state index in [2.05, 4.69) is 16.8 Å². The number of carbonyl (C=O) groups excluding carboxylic acids is 2. The van der Waals surface area contributed by atoms with E-state index >= 15 is 0 Å². The van der Waals surface area contributed by atoms with E-state index in [-0.39, 0.29) is 17.6 Å². The summed E-state index contributed by atoms with van der Waals surface area (Å²) in [6.45, 7) is 2.15. The molecular formula is C29H27N5O4. The van der Waals surface area contributed by atoms with E-state index in [9.17, 15) is 20.0 Å². The van der Waals surface area contributed by atoms with Crippen LogP contribution < -0.4 is 20.4 Å². The van der Waals surface area contributed by atoms with Gasteiger partial charge in [0.05, 0.1) is 18.6 Å². The first-order valence-electron chi connectivity index (χ1n) is 12.2. The molecule has 3 aromatic rings. The lowest BCUT2D eigenvalue weighted by atomic mass is 9.96. The Morgan fingerprint density at radius 2 is 1.95 bits per heavy atom. The summed E-state index contributed by atoms with van der Waals surface area (Å²) in [5.41, 5.74) is 7.39. The van der Waals surface area contributed by atoms with Crippen LogP contribution in [0.5, 0.6) is 11.5 Å². The summed E-state index contributed by atoms with van der Waals surface area (Å²) in [4.78, 5) is 28.6. The molecule has 3 aromatic carbocycles. The summed E-state index contributed by atoms with van der Waals surface area (Å²) in [5.74, 6) is -0.521. The highest BCUT2D eigenvalue weighted by Gasteiger charge is 2.47. The van der Waals surface area contributed by atoms with Gasteiger partial charge < -0.3 is 20.2 Å². The van der Waals surface area contributed by atoms with E-state index in [4.69, 9.17) is 4.74 Å². The van der Waals surface area contributed by atoms with Crippen molar-refractivity contribution in [2.75, 3.05) is 23.9 Å². The maximum atomic E-state index is 13.7. The number of nitrogens with zero attached hydrogens (tertiary/aromatic N) is 3. The van der Waals surface area contributed by atoms with Gasteiger partial charge in [0.25, 0.3) is 5.91 Å². The number of fused-ring (bicyclic) bond motifs is 1. The number of nitrogens with one attached hydrogen (secondary N) is 2. The quantitative estimate of drug-likeness (QED) is 0.465. The molecular weight excluding hydrogens is 482 g/mol. The number of hydrazine groups is 1. The summed E-state index contributed by atoms with van der Waals surface area (Å²) in [6, 6.07) is 21.0. The van der Waals surface area contributed by atoms with E-state index in [0.29, 0.717) is 35.7 Å². The Kier molecular flexibility index (Phi) is 6.73. The molecule has 38 heavy (non-hydrogen) atoms. The van der Waals surface area contributed by atoms with Crippen molar-refractivity contribution in [3.8, 4) is 17.6 Å². The molecule has 9 heteroatoms. The predicted molar refractivity (Wildman–Crippen MR) is 142 cm³/mol. The molecule has 0 aromatic heterocycles. The van der Waals surface area contributed by atoms with E-state index in [1.165, 1.54) is 7.11 Å². The van der Waals surface area contributed by atoms with Crippen LogP contribution in [0.25, 0.3) is 0 Å². The first-order valence-corrected chi connectivity index (χ1v) is 12.2. The zero-order chi connectivity index (χ0) is 26.8. The second kappa shape index (κ2) is 10.3. The summed E-state index contributed by atoms with van der Waals surface area (Å²) in [7, 11) is 1.48. The zero-order valence-corrected chi connectivity index (χ0v) is 21.0. The minimum atomic E-state index is -0.723. The molecule has 0 bridgehead atoms. The molecule has 1 saturated heterocycles. The summed E-state index contributed by atoms with van der Waals surface area (Å²) in [5, 5.41) is 23.6. The number of carbonyl (C=O) groups is 2. The van der Waals surface area contributed by atoms with Crippen LogP contribution in [0, 0.1) is 17.2 Å². The number of hydrogen-bond acceptors (Lipinski definition) is 7. The lowest BCUT2D eigenvalue weighted by Gasteiger charge is -2.36. The third-order valence-electron chi connectivity index (χ3n) is 6.76. The van der Waals surface area contributed by atoms with E-state index in [1.807, 2.05) is 49.5 Å². The van der Waals surface area contributed by atoms with Crippen molar-refractivity contribution in [2.45, 2.75) is 19.4 Å². The first-order chi connectivity index (χ1) is 18.4. The Morgan fingerprint density at radius 3 is 2.66 bits per heavy atom. The van der Waals surface area contributed by atoms with Crippen LogP contribution in [-0.4, -0.2) is 41.6 Å². The maximum absolute atomic E-state index is 13.7. The van der Waals surface area contributed by atoms with E-state index in [1.54, 1.807) is 40.2 Å². The molecule has 0 spiro atoms. The monoisotopic (exact) mass is 509 g/mol. The average molecular weight is 510 g/mol. The second-order valence-corrected chi connectivity index (χ2v) is 9.29. The van der Waals surface area contributed by atoms with Gasteiger partial charge in [0.15, 0.2) is 0 Å². The Balaban J connectivity index is 1.33. The van der Waals surface area contributed by atoms with Crippen LogP contribution in [0.4, 0.5) is 11.4 Å². The number of phenols is 1. The molecule has 2 atom stereocenters. The highest BCUT2D eigenvalue weighted by Crippen LogP contribution is 2.32. The van der Waals surface area contributed by atoms with Gasteiger partial charge in [-0.2, -0.15) is 5.26 Å². The normalized spacial score (nSPS) is 18.4. The number of amides is 2. The second-order valence-electron chi connectivity index (χ2n) is 9.29. The number of rotatable bonds is 6. The molecule has 0 saturated carbocycles. The van der Waals surface area contributed by atoms with Gasteiger partial charge in [-0.1, -0.05) is 24.3 Å². The summed E-state index contributed by atoms with van der Waals surface area (Å²) < 4.78 is 5.17. The molecule has 2 heterocycles. The minimum Gasteiger partial charge on any atom is -0.508 e. The van der Waals surface area contributed by atoms with Gasteiger partial charge in [-0.3, -0.25) is 14.5 Å². The zero-order valence-electron chi connectivity index (χ0n) is 21.0. The Morgan fingerprint density at radius 1 is 1.16 bits per heavy atom. The van der Waals surface area contributed by atoms with Crippen molar-refractivity contribution in [2.24, 2.45) is 5.92 Å². The molecule has 1 unspecified atom stereocenters. The average Bonchev–Trinajstić information content (AvgIpc) is 3.34. The molecule has 9 nitrogen and oxygen atoms in total. The topological polar surface area (TPSA) is 118 Å². The van der Waals surface area contributed by atoms with Crippen molar-refractivity contribution in [1.29, 1.82) is 5.26 Å². The molecule has 0 aliphatic carbocycles. The third-order valence-corrected chi connectivity index (χ3v) is 6.76. The van der Waals surface area contributed by atoms with E-state index in [0.717, 1.165) is 16.8 Å². The molecule has 2 amide bonds. The molecule has 2 aliphatic heterocycles. The summed E-state index contributed by atoms with van der Waals surface area (Å²) >= 11 is 0.